The lowest BCUT2D eigenvalue weighted by atomic mass is 10.1. The predicted octanol–water partition coefficient (Wildman–Crippen LogP) is 2.54. The van der Waals surface area contributed by atoms with Crippen molar-refractivity contribution in [1.29, 1.82) is 0 Å². The molecule has 0 saturated carbocycles. The van der Waals surface area contributed by atoms with Gasteiger partial charge in [-0.15, -0.1) is 12.4 Å². The summed E-state index contributed by atoms with van der Waals surface area (Å²) in [7, 11) is 0. The molecule has 3 nitrogen and oxygen atoms in total. The normalized spacial score (nSPS) is 10.6. The van der Waals surface area contributed by atoms with Crippen molar-refractivity contribution < 1.29 is 4.79 Å². The van der Waals surface area contributed by atoms with Gasteiger partial charge in [0.1, 0.15) is 0 Å². The Morgan fingerprint density at radius 3 is 2.53 bits per heavy atom. The molecule has 0 aliphatic carbocycles. The third kappa shape index (κ3) is 5.39. The van der Waals surface area contributed by atoms with Crippen molar-refractivity contribution >= 4 is 29.9 Å². The Kier molecular flexibility index (Phi) is 5.96. The lowest BCUT2D eigenvalue weighted by Crippen LogP contribution is -2.45. The van der Waals surface area contributed by atoms with Crippen LogP contribution in [0.5, 0.6) is 0 Å². The largest absolute Gasteiger partial charge is 0.350 e. The lowest BCUT2D eigenvalue weighted by molar-refractivity contribution is 0.0946. The number of nitrogens with one attached hydrogen (secondary N) is 1. The molecule has 1 aromatic carbocycles. The van der Waals surface area contributed by atoms with Crippen LogP contribution in [0.15, 0.2) is 18.2 Å². The second kappa shape index (κ2) is 6.24. The lowest BCUT2D eigenvalue weighted by Gasteiger charge is -2.19. The molecule has 96 valence electrons. The van der Waals surface area contributed by atoms with Crippen molar-refractivity contribution in [2.45, 2.75) is 26.3 Å². The molecular formula is C12H18Cl2N2O. The summed E-state index contributed by atoms with van der Waals surface area (Å²) in [6, 6.07) is 5.19. The van der Waals surface area contributed by atoms with Crippen LogP contribution in [0.25, 0.3) is 0 Å². The minimum absolute atomic E-state index is 0. The molecule has 5 heteroatoms. The number of rotatable bonds is 3. The zero-order valence-corrected chi connectivity index (χ0v) is 11.8. The summed E-state index contributed by atoms with van der Waals surface area (Å²) in [5.41, 5.74) is 6.87. The van der Waals surface area contributed by atoms with E-state index in [1.54, 1.807) is 18.2 Å². The third-order valence-electron chi connectivity index (χ3n) is 2.12. The van der Waals surface area contributed by atoms with Crippen molar-refractivity contribution in [2.75, 3.05) is 6.54 Å². The van der Waals surface area contributed by atoms with E-state index >= 15 is 0 Å². The number of hydrogen-bond donors (Lipinski definition) is 2. The molecule has 0 saturated heterocycles. The number of aryl methyl sites for hydroxylation is 1. The molecule has 0 atom stereocenters. The molecule has 0 unspecified atom stereocenters. The van der Waals surface area contributed by atoms with Gasteiger partial charge in [0.05, 0.1) is 0 Å². The summed E-state index contributed by atoms with van der Waals surface area (Å²) in [5, 5.41) is 3.44. The summed E-state index contributed by atoms with van der Waals surface area (Å²) in [5.74, 6) is -0.127. The highest BCUT2D eigenvalue weighted by Gasteiger charge is 2.13. The van der Waals surface area contributed by atoms with E-state index in [2.05, 4.69) is 5.32 Å². The topological polar surface area (TPSA) is 55.1 Å². The van der Waals surface area contributed by atoms with Crippen LogP contribution in [0.3, 0.4) is 0 Å². The molecule has 1 rings (SSSR count). The van der Waals surface area contributed by atoms with Crippen LogP contribution in [-0.2, 0) is 0 Å². The number of nitrogens with two attached hydrogens (primary N) is 1. The van der Waals surface area contributed by atoms with Crippen LogP contribution in [0.1, 0.15) is 29.8 Å². The van der Waals surface area contributed by atoms with Crippen LogP contribution in [-0.4, -0.2) is 18.0 Å². The molecule has 17 heavy (non-hydrogen) atoms. The van der Waals surface area contributed by atoms with Crippen molar-refractivity contribution in [2.24, 2.45) is 5.73 Å². The van der Waals surface area contributed by atoms with Gasteiger partial charge in [-0.05, 0) is 44.5 Å². The van der Waals surface area contributed by atoms with E-state index in [4.69, 9.17) is 17.3 Å². The standard InChI is InChI=1S/C12H17ClN2O.ClH/c1-8-6-9(4-5-10(8)13)11(16)15-7-12(2,3)14;/h4-6H,7,14H2,1-3H3,(H,15,16);1H. The first-order valence-electron chi connectivity index (χ1n) is 5.13. The molecule has 0 spiro atoms. The fourth-order valence-electron chi connectivity index (χ4n) is 1.20. The van der Waals surface area contributed by atoms with Crippen LogP contribution in [0.4, 0.5) is 0 Å². The number of halogens is 2. The summed E-state index contributed by atoms with van der Waals surface area (Å²) in [6.45, 7) is 6.03. The average molecular weight is 277 g/mol. The predicted molar refractivity (Wildman–Crippen MR) is 74.0 cm³/mol. The summed E-state index contributed by atoms with van der Waals surface area (Å²) >= 11 is 5.88. The fourth-order valence-corrected chi connectivity index (χ4v) is 1.31. The van der Waals surface area contributed by atoms with Crippen molar-refractivity contribution in [3.05, 3.63) is 34.3 Å². The molecule has 0 aliphatic heterocycles. The summed E-state index contributed by atoms with van der Waals surface area (Å²) in [4.78, 5) is 11.7. The number of hydrogen-bond acceptors (Lipinski definition) is 2. The molecule has 0 aliphatic rings. The molecule has 0 aromatic heterocycles. The van der Waals surface area contributed by atoms with Gasteiger partial charge in [-0.3, -0.25) is 4.79 Å². The van der Waals surface area contributed by atoms with Gasteiger partial charge in [-0.1, -0.05) is 11.6 Å². The second-order valence-electron chi connectivity index (χ2n) is 4.64. The first-order chi connectivity index (χ1) is 7.29. The molecule has 0 radical (unpaired) electrons. The Bertz CT molecular complexity index is 400. The van der Waals surface area contributed by atoms with E-state index in [0.717, 1.165) is 5.56 Å². The van der Waals surface area contributed by atoms with E-state index in [-0.39, 0.29) is 18.3 Å². The highest BCUT2D eigenvalue weighted by molar-refractivity contribution is 6.31. The van der Waals surface area contributed by atoms with Crippen LogP contribution < -0.4 is 11.1 Å². The minimum Gasteiger partial charge on any atom is -0.350 e. The molecule has 1 aromatic rings. The van der Waals surface area contributed by atoms with Gasteiger partial charge in [-0.2, -0.15) is 0 Å². The Hall–Kier alpha value is -0.770. The van der Waals surface area contributed by atoms with E-state index in [0.29, 0.717) is 17.1 Å². The van der Waals surface area contributed by atoms with Crippen molar-refractivity contribution in [1.82, 2.24) is 5.32 Å². The first-order valence-corrected chi connectivity index (χ1v) is 5.50. The Morgan fingerprint density at radius 1 is 1.47 bits per heavy atom. The average Bonchev–Trinajstić information content (AvgIpc) is 2.17. The SMILES string of the molecule is Cc1cc(C(=O)NCC(C)(C)N)ccc1Cl.Cl. The maximum atomic E-state index is 11.7. The molecule has 0 bridgehead atoms. The zero-order valence-electron chi connectivity index (χ0n) is 10.2. The minimum atomic E-state index is -0.406. The van der Waals surface area contributed by atoms with Gasteiger partial charge in [0.2, 0.25) is 0 Å². The Morgan fingerprint density at radius 2 is 2.06 bits per heavy atom. The van der Waals surface area contributed by atoms with Crippen LogP contribution >= 0.6 is 24.0 Å². The zero-order chi connectivity index (χ0) is 12.3. The van der Waals surface area contributed by atoms with Gasteiger partial charge in [0.25, 0.3) is 5.91 Å². The quantitative estimate of drug-likeness (QED) is 0.892. The van der Waals surface area contributed by atoms with E-state index in [1.807, 2.05) is 20.8 Å². The van der Waals surface area contributed by atoms with Gasteiger partial charge in [0.15, 0.2) is 0 Å². The first kappa shape index (κ1) is 16.2. The number of carbonyl (C=O) groups is 1. The molecule has 0 heterocycles. The smallest absolute Gasteiger partial charge is 0.251 e. The third-order valence-corrected chi connectivity index (χ3v) is 2.55. The monoisotopic (exact) mass is 276 g/mol. The molecular weight excluding hydrogens is 259 g/mol. The maximum absolute atomic E-state index is 11.7. The summed E-state index contributed by atoms with van der Waals surface area (Å²) in [6.07, 6.45) is 0. The second-order valence-corrected chi connectivity index (χ2v) is 5.04. The number of carbonyl (C=O) groups excluding carboxylic acids is 1. The van der Waals surface area contributed by atoms with Gasteiger partial charge in [-0.25, -0.2) is 0 Å². The fraction of sp³-hybridized carbons (Fsp3) is 0.417. The van der Waals surface area contributed by atoms with Crippen LogP contribution in [0, 0.1) is 6.92 Å². The van der Waals surface area contributed by atoms with Crippen LogP contribution in [0.2, 0.25) is 5.02 Å². The van der Waals surface area contributed by atoms with Gasteiger partial charge in [0, 0.05) is 22.7 Å². The maximum Gasteiger partial charge on any atom is 0.251 e. The van der Waals surface area contributed by atoms with E-state index < -0.39 is 5.54 Å². The van der Waals surface area contributed by atoms with Crippen molar-refractivity contribution in [3.8, 4) is 0 Å². The Labute approximate surface area is 113 Å². The number of benzene rings is 1. The molecule has 1 amide bonds. The summed E-state index contributed by atoms with van der Waals surface area (Å²) < 4.78 is 0. The van der Waals surface area contributed by atoms with E-state index in [1.165, 1.54) is 0 Å². The van der Waals surface area contributed by atoms with Gasteiger partial charge >= 0.3 is 0 Å². The van der Waals surface area contributed by atoms with Gasteiger partial charge < -0.3 is 11.1 Å². The highest BCUT2D eigenvalue weighted by atomic mass is 35.5. The number of amides is 1. The molecule has 0 fully saturated rings. The van der Waals surface area contributed by atoms with E-state index in [9.17, 15) is 4.79 Å². The van der Waals surface area contributed by atoms with Crippen molar-refractivity contribution in [3.63, 3.8) is 0 Å². The Balaban J connectivity index is 0.00000256. The molecule has 3 N–H and O–H groups in total. The highest BCUT2D eigenvalue weighted by Crippen LogP contribution is 2.16.